The zero-order valence-electron chi connectivity index (χ0n) is 10.1. The highest BCUT2D eigenvalue weighted by molar-refractivity contribution is 5.49. The van der Waals surface area contributed by atoms with Gasteiger partial charge in [-0.1, -0.05) is 12.1 Å². The molecule has 0 spiro atoms. The van der Waals surface area contributed by atoms with E-state index < -0.39 is 0 Å². The van der Waals surface area contributed by atoms with Gasteiger partial charge in [0.1, 0.15) is 0 Å². The maximum Gasteiger partial charge on any atom is 0.0779 e. The fourth-order valence-electron chi connectivity index (χ4n) is 3.07. The van der Waals surface area contributed by atoms with Gasteiger partial charge in [0.05, 0.1) is 18.8 Å². The molecule has 1 aromatic carbocycles. The molecule has 3 nitrogen and oxygen atoms in total. The highest BCUT2D eigenvalue weighted by atomic mass is 16.5. The molecule has 1 aromatic rings. The smallest absolute Gasteiger partial charge is 0.0779 e. The standard InChI is InChI=1S/C14H20N2O/c15-10-11-4-6-12(7-5-11)16-8-9-17-14-3-1-2-13(14)16/h4-7,13-14H,1-3,8-10,15H2. The Morgan fingerprint density at radius 2 is 2.06 bits per heavy atom. The summed E-state index contributed by atoms with van der Waals surface area (Å²) in [7, 11) is 0. The highest BCUT2D eigenvalue weighted by Crippen LogP contribution is 2.33. The van der Waals surface area contributed by atoms with Crippen LogP contribution in [-0.4, -0.2) is 25.3 Å². The van der Waals surface area contributed by atoms with E-state index in [1.54, 1.807) is 0 Å². The minimum atomic E-state index is 0.456. The molecule has 1 saturated heterocycles. The molecule has 1 saturated carbocycles. The zero-order valence-corrected chi connectivity index (χ0v) is 10.1. The van der Waals surface area contributed by atoms with Gasteiger partial charge < -0.3 is 15.4 Å². The van der Waals surface area contributed by atoms with Crippen LogP contribution >= 0.6 is 0 Å². The molecular formula is C14H20N2O. The molecule has 1 heterocycles. The van der Waals surface area contributed by atoms with Crippen LogP contribution in [0.3, 0.4) is 0 Å². The van der Waals surface area contributed by atoms with Gasteiger partial charge in [0, 0.05) is 18.8 Å². The third-order valence-electron chi connectivity index (χ3n) is 3.99. The first kappa shape index (κ1) is 11.1. The van der Waals surface area contributed by atoms with Crippen LogP contribution in [0.15, 0.2) is 24.3 Å². The SMILES string of the molecule is NCc1ccc(N2CCOC3CCCC32)cc1. The molecule has 2 fully saturated rings. The van der Waals surface area contributed by atoms with Gasteiger partial charge in [0.2, 0.25) is 0 Å². The van der Waals surface area contributed by atoms with Crippen LogP contribution in [0.4, 0.5) is 5.69 Å². The summed E-state index contributed by atoms with van der Waals surface area (Å²) in [5.41, 5.74) is 8.15. The molecule has 2 N–H and O–H groups in total. The number of nitrogens with zero attached hydrogens (tertiary/aromatic N) is 1. The Morgan fingerprint density at radius 3 is 2.82 bits per heavy atom. The molecule has 0 bridgehead atoms. The Labute approximate surface area is 103 Å². The third kappa shape index (κ3) is 2.05. The predicted molar refractivity (Wildman–Crippen MR) is 69.1 cm³/mol. The van der Waals surface area contributed by atoms with Crippen molar-refractivity contribution in [2.45, 2.75) is 38.0 Å². The first-order valence-corrected chi connectivity index (χ1v) is 6.56. The van der Waals surface area contributed by atoms with Crippen molar-refractivity contribution in [3.05, 3.63) is 29.8 Å². The topological polar surface area (TPSA) is 38.5 Å². The van der Waals surface area contributed by atoms with E-state index in [2.05, 4.69) is 29.2 Å². The molecule has 1 aliphatic heterocycles. The average molecular weight is 232 g/mol. The predicted octanol–water partition coefficient (Wildman–Crippen LogP) is 1.90. The van der Waals surface area contributed by atoms with Crippen LogP contribution in [0, 0.1) is 0 Å². The lowest BCUT2D eigenvalue weighted by Crippen LogP contribution is -2.48. The molecule has 2 atom stereocenters. The lowest BCUT2D eigenvalue weighted by molar-refractivity contribution is 0.0256. The highest BCUT2D eigenvalue weighted by Gasteiger charge is 2.35. The van der Waals surface area contributed by atoms with Crippen molar-refractivity contribution in [3.63, 3.8) is 0 Å². The van der Waals surface area contributed by atoms with Crippen molar-refractivity contribution in [1.29, 1.82) is 0 Å². The van der Waals surface area contributed by atoms with Crippen LogP contribution < -0.4 is 10.6 Å². The minimum absolute atomic E-state index is 0.456. The van der Waals surface area contributed by atoms with Gasteiger partial charge in [-0.2, -0.15) is 0 Å². The van der Waals surface area contributed by atoms with Gasteiger partial charge in [-0.3, -0.25) is 0 Å². The van der Waals surface area contributed by atoms with E-state index in [1.165, 1.54) is 30.5 Å². The minimum Gasteiger partial charge on any atom is -0.374 e. The van der Waals surface area contributed by atoms with Crippen LogP contribution in [0.5, 0.6) is 0 Å². The second kappa shape index (κ2) is 4.67. The van der Waals surface area contributed by atoms with E-state index in [-0.39, 0.29) is 0 Å². The summed E-state index contributed by atoms with van der Waals surface area (Å²) in [5.74, 6) is 0. The summed E-state index contributed by atoms with van der Waals surface area (Å²) in [6.45, 7) is 2.50. The van der Waals surface area contributed by atoms with Crippen molar-refractivity contribution < 1.29 is 4.74 Å². The first-order chi connectivity index (χ1) is 8.38. The van der Waals surface area contributed by atoms with Crippen LogP contribution in [0.1, 0.15) is 24.8 Å². The second-order valence-corrected chi connectivity index (χ2v) is 4.97. The first-order valence-electron chi connectivity index (χ1n) is 6.56. The summed E-state index contributed by atoms with van der Waals surface area (Å²) in [5, 5.41) is 0. The molecule has 0 amide bonds. The number of fused-ring (bicyclic) bond motifs is 1. The van der Waals surface area contributed by atoms with Crippen molar-refractivity contribution in [2.75, 3.05) is 18.1 Å². The fourth-order valence-corrected chi connectivity index (χ4v) is 3.07. The molecule has 3 rings (SSSR count). The summed E-state index contributed by atoms with van der Waals surface area (Å²) in [6, 6.07) is 9.25. The Kier molecular flexibility index (Phi) is 3.04. The number of nitrogens with two attached hydrogens (primary N) is 1. The number of morpholine rings is 1. The van der Waals surface area contributed by atoms with Crippen LogP contribution in [0.2, 0.25) is 0 Å². The number of benzene rings is 1. The Bertz CT molecular complexity index is 376. The van der Waals surface area contributed by atoms with Gasteiger partial charge in [0.25, 0.3) is 0 Å². The average Bonchev–Trinajstić information content (AvgIpc) is 2.87. The summed E-state index contributed by atoms with van der Waals surface area (Å²) < 4.78 is 5.84. The molecular weight excluding hydrogens is 212 g/mol. The second-order valence-electron chi connectivity index (χ2n) is 4.97. The number of hydrogen-bond acceptors (Lipinski definition) is 3. The molecule has 2 aliphatic rings. The van der Waals surface area contributed by atoms with Gasteiger partial charge in [-0.05, 0) is 37.0 Å². The number of anilines is 1. The third-order valence-corrected chi connectivity index (χ3v) is 3.99. The molecule has 92 valence electrons. The van der Waals surface area contributed by atoms with E-state index in [1.807, 2.05) is 0 Å². The molecule has 2 unspecified atom stereocenters. The monoisotopic (exact) mass is 232 g/mol. The maximum atomic E-state index is 5.84. The maximum absolute atomic E-state index is 5.84. The number of rotatable bonds is 2. The number of hydrogen-bond donors (Lipinski definition) is 1. The van der Waals surface area contributed by atoms with Crippen molar-refractivity contribution in [3.8, 4) is 0 Å². The van der Waals surface area contributed by atoms with Crippen LogP contribution in [0.25, 0.3) is 0 Å². The van der Waals surface area contributed by atoms with E-state index in [4.69, 9.17) is 10.5 Å². The molecule has 0 radical (unpaired) electrons. The molecule has 3 heteroatoms. The van der Waals surface area contributed by atoms with Crippen molar-refractivity contribution in [1.82, 2.24) is 0 Å². The van der Waals surface area contributed by atoms with Crippen molar-refractivity contribution >= 4 is 5.69 Å². The van der Waals surface area contributed by atoms with E-state index >= 15 is 0 Å². The van der Waals surface area contributed by atoms with E-state index in [9.17, 15) is 0 Å². The van der Waals surface area contributed by atoms with Gasteiger partial charge in [-0.15, -0.1) is 0 Å². The largest absolute Gasteiger partial charge is 0.374 e. The summed E-state index contributed by atoms with van der Waals surface area (Å²) >= 11 is 0. The van der Waals surface area contributed by atoms with E-state index in [0.29, 0.717) is 18.7 Å². The quantitative estimate of drug-likeness (QED) is 0.846. The zero-order chi connectivity index (χ0) is 11.7. The lowest BCUT2D eigenvalue weighted by Gasteiger charge is -2.39. The normalized spacial score (nSPS) is 28.2. The van der Waals surface area contributed by atoms with Crippen LogP contribution in [-0.2, 0) is 11.3 Å². The molecule has 1 aliphatic carbocycles. The van der Waals surface area contributed by atoms with E-state index in [0.717, 1.165) is 13.2 Å². The molecule has 17 heavy (non-hydrogen) atoms. The summed E-state index contributed by atoms with van der Waals surface area (Å²) in [6.07, 6.45) is 4.25. The Hall–Kier alpha value is -1.06. The fraction of sp³-hybridized carbons (Fsp3) is 0.571. The van der Waals surface area contributed by atoms with Gasteiger partial charge in [0.15, 0.2) is 0 Å². The Balaban J connectivity index is 1.81. The molecule has 0 aromatic heterocycles. The Morgan fingerprint density at radius 1 is 1.24 bits per heavy atom. The van der Waals surface area contributed by atoms with Gasteiger partial charge >= 0.3 is 0 Å². The summed E-state index contributed by atoms with van der Waals surface area (Å²) in [4.78, 5) is 2.52. The number of ether oxygens (including phenoxy) is 1. The van der Waals surface area contributed by atoms with Crippen molar-refractivity contribution in [2.24, 2.45) is 5.73 Å². The van der Waals surface area contributed by atoms with Gasteiger partial charge in [-0.25, -0.2) is 0 Å². The lowest BCUT2D eigenvalue weighted by atomic mass is 10.1.